The molecule has 1 aliphatic carbocycles. The fourth-order valence-electron chi connectivity index (χ4n) is 3.37. The average molecular weight is 398 g/mol. The van der Waals surface area contributed by atoms with Crippen molar-refractivity contribution in [3.05, 3.63) is 23.0 Å². The van der Waals surface area contributed by atoms with E-state index in [9.17, 15) is 13.6 Å². The molecule has 0 bridgehead atoms. The van der Waals surface area contributed by atoms with Crippen LogP contribution in [0, 0.1) is 5.41 Å². The third-order valence-electron chi connectivity index (χ3n) is 5.28. The Hall–Kier alpha value is -2.29. The molecule has 1 amide bonds. The summed E-state index contributed by atoms with van der Waals surface area (Å²) in [6.07, 6.45) is 1.83. The highest BCUT2D eigenvalue weighted by Crippen LogP contribution is 2.53. The molecule has 3 heterocycles. The van der Waals surface area contributed by atoms with E-state index in [0.717, 1.165) is 25.9 Å². The number of carbonyl (C=O) groups excluding carboxylic acids is 1. The van der Waals surface area contributed by atoms with E-state index in [4.69, 9.17) is 16.0 Å². The molecule has 1 saturated heterocycles. The number of anilines is 1. The van der Waals surface area contributed by atoms with Gasteiger partial charge in [0.2, 0.25) is 5.91 Å². The van der Waals surface area contributed by atoms with Gasteiger partial charge in [0, 0.05) is 13.1 Å². The molecule has 0 atom stereocenters. The molecule has 1 saturated carbocycles. The van der Waals surface area contributed by atoms with Gasteiger partial charge in [-0.3, -0.25) is 4.79 Å². The van der Waals surface area contributed by atoms with Crippen molar-refractivity contribution in [1.29, 1.82) is 0 Å². The molecule has 0 unspecified atom stereocenters. The molecule has 7 nitrogen and oxygen atoms in total. The average Bonchev–Trinajstić information content (AvgIpc) is 3.24. The molecule has 1 spiro atoms. The first-order chi connectivity index (χ1) is 13.0. The Morgan fingerprint density at radius 2 is 2.00 bits per heavy atom. The summed E-state index contributed by atoms with van der Waals surface area (Å²) in [6, 6.07) is 2.71. The van der Waals surface area contributed by atoms with Crippen molar-refractivity contribution in [2.24, 2.45) is 5.41 Å². The van der Waals surface area contributed by atoms with Crippen LogP contribution >= 0.6 is 11.6 Å². The van der Waals surface area contributed by atoms with E-state index >= 15 is 0 Å². The van der Waals surface area contributed by atoms with E-state index in [2.05, 4.69) is 20.5 Å². The lowest BCUT2D eigenvalue weighted by Gasteiger charge is -2.32. The van der Waals surface area contributed by atoms with Crippen molar-refractivity contribution in [3.63, 3.8) is 0 Å². The van der Waals surface area contributed by atoms with E-state index in [-0.39, 0.29) is 35.1 Å². The van der Waals surface area contributed by atoms with Crippen molar-refractivity contribution in [1.82, 2.24) is 20.1 Å². The molecule has 10 heteroatoms. The highest BCUT2D eigenvalue weighted by Gasteiger charge is 2.44. The summed E-state index contributed by atoms with van der Waals surface area (Å²) in [6.45, 7) is 1.54. The minimum absolute atomic E-state index is 0.00652. The molecule has 2 aromatic heterocycles. The molecule has 27 heavy (non-hydrogen) atoms. The van der Waals surface area contributed by atoms with Crippen LogP contribution in [-0.4, -0.2) is 45.6 Å². The zero-order valence-electron chi connectivity index (χ0n) is 14.4. The summed E-state index contributed by atoms with van der Waals surface area (Å²) in [5.41, 5.74) is -0.0243. The monoisotopic (exact) mass is 397 g/mol. The van der Waals surface area contributed by atoms with Crippen molar-refractivity contribution >= 4 is 23.5 Å². The molecule has 1 N–H and O–H groups in total. The van der Waals surface area contributed by atoms with Gasteiger partial charge in [-0.05, 0) is 43.2 Å². The maximum atomic E-state index is 13.1. The van der Waals surface area contributed by atoms with Crippen LogP contribution in [0.25, 0.3) is 11.5 Å². The molecule has 2 fully saturated rings. The number of pyridine rings is 1. The number of hydrogen-bond acceptors (Lipinski definition) is 6. The maximum Gasteiger partial charge on any atom is 0.316 e. The van der Waals surface area contributed by atoms with Gasteiger partial charge in [-0.1, -0.05) is 16.7 Å². The summed E-state index contributed by atoms with van der Waals surface area (Å²) in [5, 5.41) is 10.2. The second kappa shape index (κ2) is 7.03. The zero-order chi connectivity index (χ0) is 19.0. The van der Waals surface area contributed by atoms with Crippen molar-refractivity contribution in [3.8, 4) is 11.5 Å². The second-order valence-electron chi connectivity index (χ2n) is 7.01. The second-order valence-corrected chi connectivity index (χ2v) is 7.40. The topological polar surface area (TPSA) is 84.2 Å². The molecule has 4 rings (SSSR count). The molecular formula is C17H18ClF2N5O2. The van der Waals surface area contributed by atoms with Gasteiger partial charge >= 0.3 is 6.01 Å². The number of carbonyl (C=O) groups is 1. The smallest absolute Gasteiger partial charge is 0.316 e. The Bertz CT molecular complexity index is 846. The number of aromatic nitrogens is 3. The van der Waals surface area contributed by atoms with Gasteiger partial charge in [-0.25, -0.2) is 13.8 Å². The summed E-state index contributed by atoms with van der Waals surface area (Å²) >= 11 is 5.67. The lowest BCUT2D eigenvalue weighted by molar-refractivity contribution is -0.130. The minimum Gasteiger partial charge on any atom is -0.403 e. The Morgan fingerprint density at radius 1 is 1.26 bits per heavy atom. The third kappa shape index (κ3) is 3.87. The molecule has 0 aromatic carbocycles. The van der Waals surface area contributed by atoms with Gasteiger partial charge in [0.15, 0.2) is 0 Å². The number of amides is 1. The number of likely N-dealkylation sites (tertiary alicyclic amines) is 1. The lowest BCUT2D eigenvalue weighted by Crippen LogP contribution is -2.41. The summed E-state index contributed by atoms with van der Waals surface area (Å²) in [4.78, 5) is 17.8. The van der Waals surface area contributed by atoms with Crippen LogP contribution in [-0.2, 0) is 4.79 Å². The van der Waals surface area contributed by atoms with E-state index in [1.54, 1.807) is 0 Å². The Morgan fingerprint density at radius 3 is 2.67 bits per heavy atom. The first kappa shape index (κ1) is 18.1. The third-order valence-corrected chi connectivity index (χ3v) is 5.49. The number of nitrogens with zero attached hydrogens (tertiary/aromatic N) is 4. The van der Waals surface area contributed by atoms with Gasteiger partial charge in [0.25, 0.3) is 12.3 Å². The molecule has 0 radical (unpaired) electrons. The largest absolute Gasteiger partial charge is 0.403 e. The number of piperidine rings is 1. The van der Waals surface area contributed by atoms with E-state index in [1.807, 2.05) is 4.90 Å². The van der Waals surface area contributed by atoms with Gasteiger partial charge in [0.05, 0.1) is 12.1 Å². The predicted octanol–water partition coefficient (Wildman–Crippen LogP) is 3.54. The zero-order valence-corrected chi connectivity index (χ0v) is 15.2. The summed E-state index contributed by atoms with van der Waals surface area (Å²) < 4.78 is 31.6. The SMILES string of the molecule is O=C(CNc1nnc(-c2ccc(Cl)nc2C(F)F)o1)N1CCC2(CC1)CC2. The summed E-state index contributed by atoms with van der Waals surface area (Å²) in [7, 11) is 0. The van der Waals surface area contributed by atoms with Gasteiger partial charge in [-0.15, -0.1) is 5.10 Å². The Labute approximate surface area is 159 Å². The predicted molar refractivity (Wildman–Crippen MR) is 93.5 cm³/mol. The van der Waals surface area contributed by atoms with Crippen LogP contribution in [0.3, 0.4) is 0 Å². The quantitative estimate of drug-likeness (QED) is 0.777. The lowest BCUT2D eigenvalue weighted by atomic mass is 9.94. The fourth-order valence-corrected chi connectivity index (χ4v) is 3.53. The number of alkyl halides is 2. The normalized spacial score (nSPS) is 18.1. The van der Waals surface area contributed by atoms with Gasteiger partial charge in [0.1, 0.15) is 10.8 Å². The van der Waals surface area contributed by atoms with E-state index in [0.29, 0.717) is 5.41 Å². The van der Waals surface area contributed by atoms with Gasteiger partial charge in [-0.2, -0.15) is 0 Å². The molecule has 1 aliphatic heterocycles. The Balaban J connectivity index is 1.38. The van der Waals surface area contributed by atoms with E-state index in [1.165, 1.54) is 25.0 Å². The standard InChI is InChI=1S/C17H18ClF2N5O2/c18-11-2-1-10(13(22-11)14(19)20)15-23-24-16(27-15)21-9-12(26)25-7-5-17(3-4-17)6-8-25/h1-2,14H,3-9H2,(H,21,24). The van der Waals surface area contributed by atoms with Crippen LogP contribution in [0.5, 0.6) is 0 Å². The number of halogens is 3. The maximum absolute atomic E-state index is 13.1. The van der Waals surface area contributed by atoms with Crippen LogP contribution in [0.4, 0.5) is 14.8 Å². The van der Waals surface area contributed by atoms with E-state index < -0.39 is 12.1 Å². The number of nitrogens with one attached hydrogen (secondary N) is 1. The van der Waals surface area contributed by atoms with Crippen LogP contribution in [0.1, 0.15) is 37.8 Å². The van der Waals surface area contributed by atoms with Gasteiger partial charge < -0.3 is 14.6 Å². The molecular weight excluding hydrogens is 380 g/mol. The van der Waals surface area contributed by atoms with Crippen LogP contribution in [0.2, 0.25) is 5.15 Å². The first-order valence-electron chi connectivity index (χ1n) is 8.76. The van der Waals surface area contributed by atoms with Crippen LogP contribution < -0.4 is 5.32 Å². The highest BCUT2D eigenvalue weighted by molar-refractivity contribution is 6.29. The first-order valence-corrected chi connectivity index (χ1v) is 9.14. The molecule has 2 aliphatic rings. The molecule has 2 aromatic rings. The van der Waals surface area contributed by atoms with Crippen LogP contribution in [0.15, 0.2) is 16.5 Å². The Kier molecular flexibility index (Phi) is 4.71. The molecule has 144 valence electrons. The number of hydrogen-bond donors (Lipinski definition) is 1. The van der Waals surface area contributed by atoms with Crippen molar-refractivity contribution in [2.45, 2.75) is 32.1 Å². The fraction of sp³-hybridized carbons (Fsp3) is 0.529. The number of rotatable bonds is 5. The van der Waals surface area contributed by atoms with Crippen molar-refractivity contribution in [2.75, 3.05) is 25.0 Å². The summed E-state index contributed by atoms with van der Waals surface area (Å²) in [5.74, 6) is -0.162. The van der Waals surface area contributed by atoms with Crippen molar-refractivity contribution < 1.29 is 18.0 Å². The highest BCUT2D eigenvalue weighted by atomic mass is 35.5. The minimum atomic E-state index is -2.84.